The summed E-state index contributed by atoms with van der Waals surface area (Å²) >= 11 is 0. The van der Waals surface area contributed by atoms with Gasteiger partial charge in [-0.3, -0.25) is 4.79 Å². The molecule has 0 unspecified atom stereocenters. The number of carbonyl (C=O) groups is 1. The molecule has 1 aromatic carbocycles. The van der Waals surface area contributed by atoms with Crippen LogP contribution in [0.4, 0.5) is 30.6 Å². The average Bonchev–Trinajstić information content (AvgIpc) is 2.77. The van der Waals surface area contributed by atoms with Crippen molar-refractivity contribution in [2.75, 3.05) is 43.9 Å². The van der Waals surface area contributed by atoms with Gasteiger partial charge >= 0.3 is 6.18 Å². The van der Waals surface area contributed by atoms with Gasteiger partial charge in [-0.25, -0.2) is 4.98 Å². The molecule has 7 nitrogen and oxygen atoms in total. The van der Waals surface area contributed by atoms with Gasteiger partial charge in [0.05, 0.1) is 0 Å². The monoisotopic (exact) mass is 462 g/mol. The fourth-order valence-electron chi connectivity index (χ4n) is 4.26. The third kappa shape index (κ3) is 5.93. The zero-order valence-corrected chi connectivity index (χ0v) is 18.7. The van der Waals surface area contributed by atoms with Gasteiger partial charge in [0.2, 0.25) is 11.9 Å². The summed E-state index contributed by atoms with van der Waals surface area (Å²) in [5.41, 5.74) is 2.29. The van der Waals surface area contributed by atoms with Crippen molar-refractivity contribution < 1.29 is 18.0 Å². The van der Waals surface area contributed by atoms with Crippen LogP contribution in [0.1, 0.15) is 42.4 Å². The van der Waals surface area contributed by atoms with Crippen LogP contribution in [0, 0.1) is 0 Å². The maximum atomic E-state index is 13.5. The van der Waals surface area contributed by atoms with Crippen molar-refractivity contribution in [2.45, 2.75) is 44.8 Å². The number of likely N-dealkylation sites (tertiary alicyclic amines) is 1. The van der Waals surface area contributed by atoms with Crippen LogP contribution in [0.15, 0.2) is 24.4 Å². The molecule has 2 N–H and O–H groups in total. The Morgan fingerprint density at radius 1 is 1.12 bits per heavy atom. The Morgan fingerprint density at radius 3 is 2.76 bits per heavy atom. The number of carbonyl (C=O) groups excluding carboxylic acids is 1. The van der Waals surface area contributed by atoms with Gasteiger partial charge in [-0.15, -0.1) is 0 Å². The van der Waals surface area contributed by atoms with Crippen LogP contribution in [0.25, 0.3) is 0 Å². The number of anilines is 3. The molecule has 1 amide bonds. The molecule has 1 aromatic heterocycles. The summed E-state index contributed by atoms with van der Waals surface area (Å²) in [5.74, 6) is -0.0505. The predicted molar refractivity (Wildman–Crippen MR) is 120 cm³/mol. The fourth-order valence-corrected chi connectivity index (χ4v) is 4.26. The zero-order chi connectivity index (χ0) is 23.4. The Labute approximate surface area is 191 Å². The Morgan fingerprint density at radius 2 is 1.97 bits per heavy atom. The number of benzene rings is 1. The van der Waals surface area contributed by atoms with E-state index < -0.39 is 11.7 Å². The summed E-state index contributed by atoms with van der Waals surface area (Å²) in [6.45, 7) is 3.33. The molecule has 33 heavy (non-hydrogen) atoms. The highest BCUT2D eigenvalue weighted by atomic mass is 19.4. The SMILES string of the molecule is CN1CCc2ccc(Nc3ncc(C(F)(F)F)c(NCCCN4CCCCC4=O)n3)cc2C1. The van der Waals surface area contributed by atoms with Gasteiger partial charge in [0, 0.05) is 51.0 Å². The van der Waals surface area contributed by atoms with Gasteiger partial charge < -0.3 is 20.4 Å². The lowest BCUT2D eigenvalue weighted by Gasteiger charge is -2.26. The van der Waals surface area contributed by atoms with Crippen molar-refractivity contribution in [1.29, 1.82) is 0 Å². The first-order valence-corrected chi connectivity index (χ1v) is 11.3. The van der Waals surface area contributed by atoms with Crippen LogP contribution >= 0.6 is 0 Å². The largest absolute Gasteiger partial charge is 0.421 e. The van der Waals surface area contributed by atoms with E-state index in [1.54, 1.807) is 4.90 Å². The predicted octanol–water partition coefficient (Wildman–Crippen LogP) is 4.04. The average molecular weight is 463 g/mol. The van der Waals surface area contributed by atoms with Crippen molar-refractivity contribution in [3.63, 3.8) is 0 Å². The Hall–Kier alpha value is -2.88. The third-order valence-corrected chi connectivity index (χ3v) is 6.08. The van der Waals surface area contributed by atoms with E-state index in [1.165, 1.54) is 11.1 Å². The molecule has 3 heterocycles. The first-order valence-electron chi connectivity index (χ1n) is 11.3. The molecule has 0 atom stereocenters. The summed E-state index contributed by atoms with van der Waals surface area (Å²) < 4.78 is 40.5. The number of hydrogen-bond donors (Lipinski definition) is 2. The molecule has 4 rings (SSSR count). The van der Waals surface area contributed by atoms with E-state index in [0.717, 1.165) is 44.2 Å². The molecule has 0 aliphatic carbocycles. The number of hydrogen-bond acceptors (Lipinski definition) is 6. The van der Waals surface area contributed by atoms with Crippen molar-refractivity contribution >= 4 is 23.4 Å². The number of nitrogens with one attached hydrogen (secondary N) is 2. The first-order chi connectivity index (χ1) is 15.8. The molecule has 10 heteroatoms. The Balaban J connectivity index is 1.43. The zero-order valence-electron chi connectivity index (χ0n) is 18.7. The number of nitrogens with zero attached hydrogens (tertiary/aromatic N) is 4. The smallest absolute Gasteiger partial charge is 0.369 e. The van der Waals surface area contributed by atoms with Gasteiger partial charge in [-0.2, -0.15) is 18.2 Å². The highest BCUT2D eigenvalue weighted by Crippen LogP contribution is 2.34. The number of halogens is 3. The van der Waals surface area contributed by atoms with E-state index in [4.69, 9.17) is 0 Å². The number of amides is 1. The molecule has 178 valence electrons. The number of fused-ring (bicyclic) bond motifs is 1. The maximum absolute atomic E-state index is 13.5. The van der Waals surface area contributed by atoms with Gasteiger partial charge in [0.15, 0.2) is 0 Å². The van der Waals surface area contributed by atoms with E-state index >= 15 is 0 Å². The number of piperidine rings is 1. The first kappa shape index (κ1) is 23.3. The molecular formula is C23H29F3N6O. The summed E-state index contributed by atoms with van der Waals surface area (Å²) in [7, 11) is 2.06. The van der Waals surface area contributed by atoms with Crippen molar-refractivity contribution in [2.24, 2.45) is 0 Å². The summed E-state index contributed by atoms with van der Waals surface area (Å²) in [6, 6.07) is 5.93. The second-order valence-corrected chi connectivity index (χ2v) is 8.67. The fraction of sp³-hybridized carbons (Fsp3) is 0.522. The van der Waals surface area contributed by atoms with E-state index in [1.807, 2.05) is 18.2 Å². The number of rotatable bonds is 7. The normalized spacial score (nSPS) is 17.1. The number of alkyl halides is 3. The lowest BCUT2D eigenvalue weighted by Crippen LogP contribution is -2.36. The summed E-state index contributed by atoms with van der Waals surface area (Å²) in [5, 5.41) is 5.84. The van der Waals surface area contributed by atoms with Crippen LogP contribution < -0.4 is 10.6 Å². The second-order valence-electron chi connectivity index (χ2n) is 8.67. The molecule has 2 aliphatic heterocycles. The number of likely N-dealkylation sites (N-methyl/N-ethyl adjacent to an activating group) is 1. The van der Waals surface area contributed by atoms with Crippen molar-refractivity contribution in [3.8, 4) is 0 Å². The minimum atomic E-state index is -4.57. The Bertz CT molecular complexity index is 997. The van der Waals surface area contributed by atoms with Gasteiger partial charge in [-0.1, -0.05) is 6.07 Å². The molecule has 0 bridgehead atoms. The van der Waals surface area contributed by atoms with Crippen LogP contribution in [-0.2, 0) is 23.9 Å². The van der Waals surface area contributed by atoms with Crippen LogP contribution in [-0.4, -0.2) is 58.9 Å². The van der Waals surface area contributed by atoms with Crippen LogP contribution in [0.5, 0.6) is 0 Å². The minimum absolute atomic E-state index is 0.0980. The highest BCUT2D eigenvalue weighted by Gasteiger charge is 2.35. The maximum Gasteiger partial charge on any atom is 0.421 e. The third-order valence-electron chi connectivity index (χ3n) is 6.08. The molecule has 0 radical (unpaired) electrons. The molecule has 2 aromatic rings. The molecule has 0 spiro atoms. The van der Waals surface area contributed by atoms with E-state index in [-0.39, 0.29) is 24.2 Å². The minimum Gasteiger partial charge on any atom is -0.369 e. The lowest BCUT2D eigenvalue weighted by molar-refractivity contribution is -0.137. The van der Waals surface area contributed by atoms with Crippen molar-refractivity contribution in [1.82, 2.24) is 19.8 Å². The molecule has 1 saturated heterocycles. The topological polar surface area (TPSA) is 73.4 Å². The Kier molecular flexibility index (Phi) is 7.02. The standard InChI is InChI=1S/C23H29F3N6O/c1-31-12-8-16-6-7-18(13-17(16)15-31)29-22-28-14-19(23(24,25)26)21(30-22)27-9-4-11-32-10-3-2-5-20(32)33/h6-7,13-14H,2-5,8-12,15H2,1H3,(H2,27,28,29,30). The highest BCUT2D eigenvalue weighted by molar-refractivity contribution is 5.76. The van der Waals surface area contributed by atoms with Crippen LogP contribution in [0.3, 0.4) is 0 Å². The van der Waals surface area contributed by atoms with Crippen LogP contribution in [0.2, 0.25) is 0 Å². The lowest BCUT2D eigenvalue weighted by atomic mass is 9.99. The van der Waals surface area contributed by atoms with E-state index in [2.05, 4.69) is 32.5 Å². The summed E-state index contributed by atoms with van der Waals surface area (Å²) in [6.07, 6.45) is 0.162. The van der Waals surface area contributed by atoms with E-state index in [9.17, 15) is 18.0 Å². The van der Waals surface area contributed by atoms with Crippen molar-refractivity contribution in [3.05, 3.63) is 41.1 Å². The van der Waals surface area contributed by atoms with Gasteiger partial charge in [0.1, 0.15) is 11.4 Å². The molecular weight excluding hydrogens is 433 g/mol. The number of aromatic nitrogens is 2. The molecule has 1 fully saturated rings. The van der Waals surface area contributed by atoms with Gasteiger partial charge in [-0.05, 0) is 56.0 Å². The molecule has 2 aliphatic rings. The molecule has 0 saturated carbocycles. The second kappa shape index (κ2) is 9.94. The van der Waals surface area contributed by atoms with Gasteiger partial charge in [0.25, 0.3) is 0 Å². The van der Waals surface area contributed by atoms with E-state index in [0.29, 0.717) is 25.9 Å². The summed E-state index contributed by atoms with van der Waals surface area (Å²) in [4.78, 5) is 23.9. The quantitative estimate of drug-likeness (QED) is 0.605.